The summed E-state index contributed by atoms with van der Waals surface area (Å²) in [5.74, 6) is -0.253. The molecular formula is C15H27N3O2. The van der Waals surface area contributed by atoms with Crippen molar-refractivity contribution >= 4 is 5.91 Å². The fourth-order valence-corrected chi connectivity index (χ4v) is 2.81. The lowest BCUT2D eigenvalue weighted by Crippen LogP contribution is -2.76. The summed E-state index contributed by atoms with van der Waals surface area (Å²) in [6.45, 7) is 11.3. The topological polar surface area (TPSA) is 79.3 Å². The Morgan fingerprint density at radius 1 is 1.55 bits per heavy atom. The molecule has 3 unspecified atom stereocenters. The fraction of sp³-hybridized carbons (Fsp3) is 0.867. The molecule has 0 aromatic heterocycles. The first-order chi connectivity index (χ1) is 9.24. The Labute approximate surface area is 122 Å². The van der Waals surface area contributed by atoms with E-state index in [1.165, 1.54) is 0 Å². The van der Waals surface area contributed by atoms with Crippen LogP contribution in [0.2, 0.25) is 0 Å². The molecule has 0 radical (unpaired) electrons. The van der Waals surface area contributed by atoms with Gasteiger partial charge in [-0.3, -0.25) is 4.79 Å². The van der Waals surface area contributed by atoms with Crippen LogP contribution in [0.3, 0.4) is 0 Å². The van der Waals surface area contributed by atoms with Crippen molar-refractivity contribution in [1.29, 1.82) is 5.26 Å². The molecule has 3 atom stereocenters. The molecular weight excluding hydrogens is 254 g/mol. The van der Waals surface area contributed by atoms with Crippen LogP contribution in [-0.2, 0) is 9.53 Å². The highest BCUT2D eigenvalue weighted by molar-refractivity contribution is 5.89. The van der Waals surface area contributed by atoms with E-state index in [1.54, 1.807) is 4.90 Å². The molecule has 0 saturated heterocycles. The molecule has 0 spiro atoms. The van der Waals surface area contributed by atoms with Gasteiger partial charge in [0.2, 0.25) is 5.91 Å². The molecule has 0 aromatic rings. The van der Waals surface area contributed by atoms with Crippen LogP contribution >= 0.6 is 0 Å². The standard InChI is InChI=1S/C15H27N3O2/c1-6-18(10-11(3)9-16)13(19)15(17)8-12(20-7-2)14(15,4)5/h11-12H,6-8,10,17H2,1-5H3. The molecule has 1 fully saturated rings. The van der Waals surface area contributed by atoms with Crippen LogP contribution in [0.15, 0.2) is 0 Å². The zero-order chi connectivity index (χ0) is 15.6. The maximum atomic E-state index is 12.7. The molecule has 5 nitrogen and oxygen atoms in total. The van der Waals surface area contributed by atoms with Gasteiger partial charge in [-0.1, -0.05) is 13.8 Å². The van der Waals surface area contributed by atoms with E-state index in [9.17, 15) is 4.79 Å². The van der Waals surface area contributed by atoms with Crippen molar-refractivity contribution in [2.24, 2.45) is 17.1 Å². The van der Waals surface area contributed by atoms with Gasteiger partial charge in [0, 0.05) is 31.5 Å². The number of amides is 1. The summed E-state index contributed by atoms with van der Waals surface area (Å²) in [5.41, 5.74) is 5.11. The first-order valence-corrected chi connectivity index (χ1v) is 7.34. The first-order valence-electron chi connectivity index (χ1n) is 7.34. The quantitative estimate of drug-likeness (QED) is 0.800. The molecule has 0 aliphatic heterocycles. The van der Waals surface area contributed by atoms with E-state index in [2.05, 4.69) is 6.07 Å². The highest BCUT2D eigenvalue weighted by atomic mass is 16.5. The molecule has 114 valence electrons. The molecule has 2 N–H and O–H groups in total. The number of carbonyl (C=O) groups is 1. The van der Waals surface area contributed by atoms with Crippen LogP contribution in [0, 0.1) is 22.7 Å². The summed E-state index contributed by atoms with van der Waals surface area (Å²) in [4.78, 5) is 14.4. The average molecular weight is 281 g/mol. The Morgan fingerprint density at radius 2 is 2.15 bits per heavy atom. The van der Waals surface area contributed by atoms with Gasteiger partial charge < -0.3 is 15.4 Å². The Balaban J connectivity index is 2.83. The number of nitriles is 1. The Hall–Kier alpha value is -1.12. The van der Waals surface area contributed by atoms with Crippen molar-refractivity contribution in [3.8, 4) is 6.07 Å². The zero-order valence-corrected chi connectivity index (χ0v) is 13.3. The normalized spacial score (nSPS) is 29.1. The summed E-state index contributed by atoms with van der Waals surface area (Å²) < 4.78 is 5.65. The number of likely N-dealkylation sites (N-methyl/N-ethyl adjacent to an activating group) is 1. The van der Waals surface area contributed by atoms with E-state index in [4.69, 9.17) is 15.7 Å². The van der Waals surface area contributed by atoms with Gasteiger partial charge in [0.25, 0.3) is 0 Å². The third-order valence-corrected chi connectivity index (χ3v) is 4.60. The number of rotatable bonds is 6. The number of carbonyl (C=O) groups excluding carboxylic acids is 1. The largest absolute Gasteiger partial charge is 0.378 e. The number of nitrogens with two attached hydrogens (primary N) is 1. The SMILES string of the molecule is CCOC1CC(N)(C(=O)N(CC)CC(C)C#N)C1(C)C. The number of hydrogen-bond acceptors (Lipinski definition) is 4. The maximum Gasteiger partial charge on any atom is 0.243 e. The van der Waals surface area contributed by atoms with Crippen LogP contribution in [0.25, 0.3) is 0 Å². The van der Waals surface area contributed by atoms with Crippen LogP contribution < -0.4 is 5.73 Å². The maximum absolute atomic E-state index is 12.7. The van der Waals surface area contributed by atoms with Crippen molar-refractivity contribution in [2.45, 2.75) is 52.7 Å². The second-order valence-corrected chi connectivity index (χ2v) is 6.22. The van der Waals surface area contributed by atoms with Crippen molar-refractivity contribution in [3.05, 3.63) is 0 Å². The van der Waals surface area contributed by atoms with Crippen LogP contribution in [-0.4, -0.2) is 42.1 Å². The molecule has 0 heterocycles. The second-order valence-electron chi connectivity index (χ2n) is 6.22. The summed E-state index contributed by atoms with van der Waals surface area (Å²) >= 11 is 0. The summed E-state index contributed by atoms with van der Waals surface area (Å²) in [6, 6.07) is 2.16. The van der Waals surface area contributed by atoms with Crippen LogP contribution in [0.5, 0.6) is 0 Å². The predicted octanol–water partition coefficient (Wildman–Crippen LogP) is 1.53. The molecule has 0 bridgehead atoms. The molecule has 5 heteroatoms. The van der Waals surface area contributed by atoms with Crippen LogP contribution in [0.1, 0.15) is 41.0 Å². The second kappa shape index (κ2) is 6.11. The monoisotopic (exact) mass is 281 g/mol. The van der Waals surface area contributed by atoms with Crippen molar-refractivity contribution in [3.63, 3.8) is 0 Å². The van der Waals surface area contributed by atoms with Gasteiger partial charge in [-0.05, 0) is 20.8 Å². The van der Waals surface area contributed by atoms with E-state index >= 15 is 0 Å². The van der Waals surface area contributed by atoms with Gasteiger partial charge in [-0.2, -0.15) is 5.26 Å². The average Bonchev–Trinajstić information content (AvgIpc) is 2.43. The number of nitrogens with zero attached hydrogens (tertiary/aromatic N) is 2. The van der Waals surface area contributed by atoms with E-state index in [0.29, 0.717) is 26.1 Å². The highest BCUT2D eigenvalue weighted by Crippen LogP contribution is 2.50. The van der Waals surface area contributed by atoms with Gasteiger partial charge in [0.05, 0.1) is 18.1 Å². The zero-order valence-electron chi connectivity index (χ0n) is 13.3. The summed E-state index contributed by atoms with van der Waals surface area (Å²) in [5, 5.41) is 8.91. The number of ether oxygens (including phenoxy) is 1. The van der Waals surface area contributed by atoms with Gasteiger partial charge in [0.1, 0.15) is 5.54 Å². The van der Waals surface area contributed by atoms with Crippen molar-refractivity contribution in [2.75, 3.05) is 19.7 Å². The minimum absolute atomic E-state index is 0.0218. The fourth-order valence-electron chi connectivity index (χ4n) is 2.81. The minimum atomic E-state index is -0.891. The summed E-state index contributed by atoms with van der Waals surface area (Å²) in [7, 11) is 0. The molecule has 20 heavy (non-hydrogen) atoms. The van der Waals surface area contributed by atoms with Gasteiger partial charge in [-0.15, -0.1) is 0 Å². The van der Waals surface area contributed by atoms with E-state index in [0.717, 1.165) is 0 Å². The van der Waals surface area contributed by atoms with Gasteiger partial charge >= 0.3 is 0 Å². The summed E-state index contributed by atoms with van der Waals surface area (Å²) in [6.07, 6.45) is 0.568. The van der Waals surface area contributed by atoms with Gasteiger partial charge in [-0.25, -0.2) is 0 Å². The van der Waals surface area contributed by atoms with Crippen LogP contribution in [0.4, 0.5) is 0 Å². The smallest absolute Gasteiger partial charge is 0.243 e. The first kappa shape index (κ1) is 16.9. The predicted molar refractivity (Wildman–Crippen MR) is 77.8 cm³/mol. The molecule has 1 rings (SSSR count). The minimum Gasteiger partial charge on any atom is -0.378 e. The Bertz CT molecular complexity index is 402. The van der Waals surface area contributed by atoms with E-state index in [-0.39, 0.29) is 23.3 Å². The third-order valence-electron chi connectivity index (χ3n) is 4.60. The molecule has 1 aliphatic rings. The van der Waals surface area contributed by atoms with Gasteiger partial charge in [0.15, 0.2) is 0 Å². The molecule has 0 aromatic carbocycles. The molecule has 1 aliphatic carbocycles. The van der Waals surface area contributed by atoms with Crippen molar-refractivity contribution in [1.82, 2.24) is 4.90 Å². The van der Waals surface area contributed by atoms with Crippen molar-refractivity contribution < 1.29 is 9.53 Å². The molecule has 1 amide bonds. The Kier molecular flexibility index (Phi) is 5.17. The lowest BCUT2D eigenvalue weighted by molar-refractivity contribution is -0.179. The molecule has 1 saturated carbocycles. The Morgan fingerprint density at radius 3 is 2.55 bits per heavy atom. The third kappa shape index (κ3) is 2.68. The van der Waals surface area contributed by atoms with E-state index < -0.39 is 5.54 Å². The lowest BCUT2D eigenvalue weighted by atomic mass is 9.54. The highest BCUT2D eigenvalue weighted by Gasteiger charge is 2.63. The lowest BCUT2D eigenvalue weighted by Gasteiger charge is -2.58. The number of hydrogen-bond donors (Lipinski definition) is 1. The van der Waals surface area contributed by atoms with E-state index in [1.807, 2.05) is 34.6 Å².